The molecule has 0 spiro atoms. The van der Waals surface area contributed by atoms with Gasteiger partial charge in [0.2, 0.25) is 5.91 Å². The van der Waals surface area contributed by atoms with Crippen molar-refractivity contribution < 1.29 is 9.53 Å². The van der Waals surface area contributed by atoms with Gasteiger partial charge in [0.15, 0.2) is 5.96 Å². The third-order valence-corrected chi connectivity index (χ3v) is 7.04. The first kappa shape index (κ1) is 26.7. The molecule has 3 rings (SSSR count). The van der Waals surface area contributed by atoms with Crippen LogP contribution in [0.25, 0.3) is 0 Å². The van der Waals surface area contributed by atoms with E-state index in [1.165, 1.54) is 57.8 Å². The number of hydrogen-bond donors (Lipinski definition) is 2. The zero-order valence-corrected chi connectivity index (χ0v) is 21.9. The maximum Gasteiger partial charge on any atom is 0.225 e. The molecule has 3 aliphatic rings. The summed E-state index contributed by atoms with van der Waals surface area (Å²) >= 11 is 0. The second kappa shape index (κ2) is 15.3. The number of amides is 1. The van der Waals surface area contributed by atoms with Crippen LogP contribution in [0.15, 0.2) is 4.99 Å². The predicted octanol–water partition coefficient (Wildman–Crippen LogP) is 4.47. The minimum atomic E-state index is 0. The standard InChI is InChI=1S/C24H44N4O2.HI/c1-25-24(26-16-9-10-18-30-22-13-7-2-3-8-14-22)27-21-15-17-28(19-21)23(29)20-11-5-4-6-12-20;/h20-22H,2-19H2,1H3,(H2,25,26,27);1H. The molecule has 31 heavy (non-hydrogen) atoms. The van der Waals surface area contributed by atoms with E-state index in [1.54, 1.807) is 0 Å². The number of hydrogen-bond acceptors (Lipinski definition) is 3. The molecule has 1 atom stereocenters. The lowest BCUT2D eigenvalue weighted by Gasteiger charge is -2.26. The van der Waals surface area contributed by atoms with Gasteiger partial charge in [-0.25, -0.2) is 0 Å². The minimum Gasteiger partial charge on any atom is -0.378 e. The molecule has 0 bridgehead atoms. The molecular formula is C24H45IN4O2. The van der Waals surface area contributed by atoms with Gasteiger partial charge in [-0.15, -0.1) is 24.0 Å². The van der Waals surface area contributed by atoms with Gasteiger partial charge in [0, 0.05) is 45.2 Å². The van der Waals surface area contributed by atoms with Gasteiger partial charge in [0.25, 0.3) is 0 Å². The number of unbranched alkanes of at least 4 members (excludes halogenated alkanes) is 1. The number of rotatable bonds is 8. The Morgan fingerprint density at radius 3 is 2.35 bits per heavy atom. The number of nitrogens with one attached hydrogen (secondary N) is 2. The second-order valence-electron chi connectivity index (χ2n) is 9.44. The highest BCUT2D eigenvalue weighted by Crippen LogP contribution is 2.26. The molecule has 0 aromatic rings. The zero-order chi connectivity index (χ0) is 21.0. The first-order chi connectivity index (χ1) is 14.8. The molecule has 1 amide bonds. The maximum absolute atomic E-state index is 12.7. The van der Waals surface area contributed by atoms with Gasteiger partial charge < -0.3 is 20.3 Å². The number of guanidine groups is 1. The number of halogens is 1. The highest BCUT2D eigenvalue weighted by Gasteiger charge is 2.31. The van der Waals surface area contributed by atoms with E-state index in [0.29, 0.717) is 18.1 Å². The molecule has 2 N–H and O–H groups in total. The minimum absolute atomic E-state index is 0. The monoisotopic (exact) mass is 548 g/mol. The third-order valence-electron chi connectivity index (χ3n) is 7.04. The van der Waals surface area contributed by atoms with Crippen molar-refractivity contribution in [3.05, 3.63) is 0 Å². The first-order valence-corrected chi connectivity index (χ1v) is 12.6. The Kier molecular flexibility index (Phi) is 13.2. The second-order valence-corrected chi connectivity index (χ2v) is 9.44. The SMILES string of the molecule is CN=C(NCCCCOC1CCCCCC1)NC1CCN(C(=O)C2CCCCC2)C1.I. The Hall–Kier alpha value is -0.570. The van der Waals surface area contributed by atoms with Gasteiger partial charge >= 0.3 is 0 Å². The van der Waals surface area contributed by atoms with E-state index >= 15 is 0 Å². The van der Waals surface area contributed by atoms with Crippen LogP contribution in [-0.2, 0) is 9.53 Å². The quantitative estimate of drug-likeness (QED) is 0.155. The predicted molar refractivity (Wildman–Crippen MR) is 138 cm³/mol. The fourth-order valence-corrected chi connectivity index (χ4v) is 5.17. The molecule has 0 aromatic heterocycles. The Morgan fingerprint density at radius 1 is 0.968 bits per heavy atom. The highest BCUT2D eigenvalue weighted by molar-refractivity contribution is 14.0. The lowest BCUT2D eigenvalue weighted by molar-refractivity contribution is -0.135. The van der Waals surface area contributed by atoms with Crippen LogP contribution in [-0.4, -0.2) is 62.2 Å². The average molecular weight is 549 g/mol. The average Bonchev–Trinajstić information content (AvgIpc) is 3.09. The normalized spacial score (nSPS) is 23.8. The summed E-state index contributed by atoms with van der Waals surface area (Å²) in [7, 11) is 1.82. The summed E-state index contributed by atoms with van der Waals surface area (Å²) in [5, 5.41) is 6.95. The summed E-state index contributed by atoms with van der Waals surface area (Å²) in [6.45, 7) is 3.47. The summed E-state index contributed by atoms with van der Waals surface area (Å²) < 4.78 is 6.08. The van der Waals surface area contributed by atoms with Crippen LogP contribution in [0, 0.1) is 5.92 Å². The van der Waals surface area contributed by atoms with Gasteiger partial charge in [-0.05, 0) is 44.9 Å². The van der Waals surface area contributed by atoms with Crippen LogP contribution < -0.4 is 10.6 Å². The van der Waals surface area contributed by atoms with Crippen LogP contribution in [0.5, 0.6) is 0 Å². The number of carbonyl (C=O) groups excluding carboxylic acids is 1. The number of nitrogens with zero attached hydrogens (tertiary/aromatic N) is 2. The Balaban J connectivity index is 0.00000341. The summed E-state index contributed by atoms with van der Waals surface area (Å²) in [5.41, 5.74) is 0. The summed E-state index contributed by atoms with van der Waals surface area (Å²) in [5.74, 6) is 1.52. The van der Waals surface area contributed by atoms with Gasteiger partial charge in [-0.2, -0.15) is 0 Å². The van der Waals surface area contributed by atoms with E-state index in [2.05, 4.69) is 20.5 Å². The molecule has 6 nitrogen and oxygen atoms in total. The van der Waals surface area contributed by atoms with Gasteiger partial charge in [0.05, 0.1) is 6.10 Å². The Labute approximate surface area is 206 Å². The molecule has 2 saturated carbocycles. The molecule has 1 aliphatic heterocycles. The van der Waals surface area contributed by atoms with Crippen molar-refractivity contribution in [1.29, 1.82) is 0 Å². The maximum atomic E-state index is 12.7. The van der Waals surface area contributed by atoms with E-state index in [0.717, 1.165) is 64.3 Å². The van der Waals surface area contributed by atoms with Crippen molar-refractivity contribution in [3.8, 4) is 0 Å². The van der Waals surface area contributed by atoms with Crippen LogP contribution in [0.1, 0.15) is 89.9 Å². The topological polar surface area (TPSA) is 66.0 Å². The van der Waals surface area contributed by atoms with E-state index in [9.17, 15) is 4.79 Å². The van der Waals surface area contributed by atoms with Crippen LogP contribution in [0.3, 0.4) is 0 Å². The number of ether oxygens (including phenoxy) is 1. The Bertz CT molecular complexity index is 532. The highest BCUT2D eigenvalue weighted by atomic mass is 127. The Morgan fingerprint density at radius 2 is 1.65 bits per heavy atom. The third kappa shape index (κ3) is 9.44. The first-order valence-electron chi connectivity index (χ1n) is 12.6. The molecule has 1 heterocycles. The summed E-state index contributed by atoms with van der Waals surface area (Å²) in [6, 6.07) is 0.308. The van der Waals surface area contributed by atoms with Crippen molar-refractivity contribution in [2.75, 3.05) is 33.3 Å². The van der Waals surface area contributed by atoms with E-state index in [-0.39, 0.29) is 29.9 Å². The molecular weight excluding hydrogens is 503 g/mol. The van der Waals surface area contributed by atoms with Crippen molar-refractivity contribution in [2.24, 2.45) is 10.9 Å². The summed E-state index contributed by atoms with van der Waals surface area (Å²) in [6.07, 6.45) is 17.5. The van der Waals surface area contributed by atoms with E-state index < -0.39 is 0 Å². The van der Waals surface area contributed by atoms with Gasteiger partial charge in [-0.1, -0.05) is 44.9 Å². The van der Waals surface area contributed by atoms with Crippen LogP contribution in [0.2, 0.25) is 0 Å². The molecule has 1 saturated heterocycles. The van der Waals surface area contributed by atoms with Crippen molar-refractivity contribution in [3.63, 3.8) is 0 Å². The zero-order valence-electron chi connectivity index (χ0n) is 19.6. The number of likely N-dealkylation sites (tertiary alicyclic amines) is 1. The molecule has 3 fully saturated rings. The lowest BCUT2D eigenvalue weighted by Crippen LogP contribution is -2.45. The molecule has 2 aliphatic carbocycles. The van der Waals surface area contributed by atoms with Crippen LogP contribution in [0.4, 0.5) is 0 Å². The fourth-order valence-electron chi connectivity index (χ4n) is 5.17. The lowest BCUT2D eigenvalue weighted by atomic mass is 9.88. The molecule has 0 radical (unpaired) electrons. The fraction of sp³-hybridized carbons (Fsp3) is 0.917. The van der Waals surface area contributed by atoms with Gasteiger partial charge in [-0.3, -0.25) is 9.79 Å². The van der Waals surface area contributed by atoms with Crippen molar-refractivity contribution in [2.45, 2.75) is 102 Å². The number of carbonyl (C=O) groups is 1. The van der Waals surface area contributed by atoms with E-state index in [1.807, 2.05) is 7.05 Å². The summed E-state index contributed by atoms with van der Waals surface area (Å²) in [4.78, 5) is 19.2. The van der Waals surface area contributed by atoms with Crippen molar-refractivity contribution in [1.82, 2.24) is 15.5 Å². The van der Waals surface area contributed by atoms with E-state index in [4.69, 9.17) is 4.74 Å². The van der Waals surface area contributed by atoms with Crippen LogP contribution >= 0.6 is 24.0 Å². The largest absolute Gasteiger partial charge is 0.378 e. The number of aliphatic imine (C=N–C) groups is 1. The molecule has 180 valence electrons. The van der Waals surface area contributed by atoms with Gasteiger partial charge in [0.1, 0.15) is 0 Å². The molecule has 7 heteroatoms. The smallest absolute Gasteiger partial charge is 0.225 e. The molecule has 0 aromatic carbocycles. The molecule has 1 unspecified atom stereocenters. The van der Waals surface area contributed by atoms with Crippen molar-refractivity contribution >= 4 is 35.8 Å².